The molecule has 40 heavy (non-hydrogen) atoms. The van der Waals surface area contributed by atoms with Gasteiger partial charge in [-0.2, -0.15) is 0 Å². The molecule has 11 heteroatoms. The molecule has 0 aliphatic carbocycles. The molecule has 0 radical (unpaired) electrons. The lowest BCUT2D eigenvalue weighted by Crippen LogP contribution is -2.18. The number of hydrogen-bond donors (Lipinski definition) is 2. The van der Waals surface area contributed by atoms with Crippen molar-refractivity contribution < 1.29 is 22.7 Å². The van der Waals surface area contributed by atoms with Gasteiger partial charge in [-0.1, -0.05) is 42.0 Å². The van der Waals surface area contributed by atoms with Crippen molar-refractivity contribution in [1.29, 1.82) is 0 Å². The number of anilines is 2. The smallest absolute Gasteiger partial charge is 0.348 e. The highest BCUT2D eigenvalue weighted by molar-refractivity contribution is 7.92. The van der Waals surface area contributed by atoms with Crippen LogP contribution in [0.5, 0.6) is 0 Å². The van der Waals surface area contributed by atoms with Crippen molar-refractivity contribution in [3.63, 3.8) is 0 Å². The van der Waals surface area contributed by atoms with E-state index in [0.29, 0.717) is 26.0 Å². The van der Waals surface area contributed by atoms with Crippen LogP contribution in [0.1, 0.15) is 38.1 Å². The number of para-hydroxylation sites is 2. The molecular weight excluding hydrogens is 567 g/mol. The topological polar surface area (TPSA) is 114 Å². The number of benzene rings is 3. The summed E-state index contributed by atoms with van der Waals surface area (Å²) in [5.41, 5.74) is 3.25. The summed E-state index contributed by atoms with van der Waals surface area (Å²) in [6, 6.07) is 20.5. The highest BCUT2D eigenvalue weighted by atomic mass is 32.2. The Morgan fingerprint density at radius 3 is 2.35 bits per heavy atom. The maximum atomic E-state index is 13.6. The molecule has 8 nitrogen and oxygen atoms in total. The van der Waals surface area contributed by atoms with E-state index in [1.165, 1.54) is 35.6 Å². The molecule has 2 N–H and O–H groups in total. The van der Waals surface area contributed by atoms with Crippen molar-refractivity contribution in [3.05, 3.63) is 94.4 Å². The summed E-state index contributed by atoms with van der Waals surface area (Å²) in [5, 5.41) is 3.97. The quantitative estimate of drug-likeness (QED) is 0.190. The number of rotatable bonds is 8. The van der Waals surface area contributed by atoms with Crippen LogP contribution < -0.4 is 10.0 Å². The summed E-state index contributed by atoms with van der Waals surface area (Å²) in [4.78, 5) is 31.5. The number of carbonyl (C=O) groups is 2. The van der Waals surface area contributed by atoms with Gasteiger partial charge in [-0.3, -0.25) is 9.52 Å². The Morgan fingerprint density at radius 2 is 1.62 bits per heavy atom. The molecule has 0 unspecified atom stereocenters. The molecule has 0 aliphatic rings. The van der Waals surface area contributed by atoms with E-state index in [1.807, 2.05) is 31.2 Å². The van der Waals surface area contributed by atoms with Gasteiger partial charge in [-0.15, -0.1) is 22.7 Å². The van der Waals surface area contributed by atoms with Crippen molar-refractivity contribution in [2.75, 3.05) is 16.6 Å². The lowest BCUT2D eigenvalue weighted by Gasteiger charge is -2.13. The minimum atomic E-state index is -3.94. The van der Waals surface area contributed by atoms with Gasteiger partial charge in [0.05, 0.1) is 33.0 Å². The van der Waals surface area contributed by atoms with E-state index in [4.69, 9.17) is 9.72 Å². The average Bonchev–Trinajstić information content (AvgIpc) is 3.49. The van der Waals surface area contributed by atoms with Crippen molar-refractivity contribution in [1.82, 2.24) is 4.98 Å². The van der Waals surface area contributed by atoms with Gasteiger partial charge in [0, 0.05) is 5.56 Å². The summed E-state index contributed by atoms with van der Waals surface area (Å²) in [6.07, 6.45) is 0. The van der Waals surface area contributed by atoms with Crippen molar-refractivity contribution in [2.24, 2.45) is 0 Å². The number of hydrogen-bond acceptors (Lipinski definition) is 8. The summed E-state index contributed by atoms with van der Waals surface area (Å²) in [5.74, 6) is -1.03. The van der Waals surface area contributed by atoms with Crippen molar-refractivity contribution in [3.8, 4) is 10.6 Å². The van der Waals surface area contributed by atoms with E-state index >= 15 is 0 Å². The molecule has 3 aromatic carbocycles. The molecule has 204 valence electrons. The summed E-state index contributed by atoms with van der Waals surface area (Å²) in [6.45, 7) is 5.60. The number of nitrogens with one attached hydrogen (secondary N) is 2. The highest BCUT2D eigenvalue weighted by Crippen LogP contribution is 2.44. The zero-order valence-corrected chi connectivity index (χ0v) is 24.3. The second kappa shape index (κ2) is 11.2. The molecule has 5 rings (SSSR count). The number of carbonyl (C=O) groups excluding carboxylic acids is 2. The third-order valence-corrected chi connectivity index (χ3v) is 9.71. The van der Waals surface area contributed by atoms with Gasteiger partial charge in [0.25, 0.3) is 15.9 Å². The van der Waals surface area contributed by atoms with Crippen LogP contribution in [0.4, 0.5) is 10.7 Å². The highest BCUT2D eigenvalue weighted by Gasteiger charge is 2.26. The Bertz CT molecular complexity index is 1810. The van der Waals surface area contributed by atoms with Crippen LogP contribution in [0.3, 0.4) is 0 Å². The van der Waals surface area contributed by atoms with Crippen molar-refractivity contribution >= 4 is 65.5 Å². The Labute approximate surface area is 239 Å². The van der Waals surface area contributed by atoms with Gasteiger partial charge < -0.3 is 10.1 Å². The molecule has 0 spiro atoms. The van der Waals surface area contributed by atoms with E-state index in [-0.39, 0.29) is 22.8 Å². The Balaban J connectivity index is 1.52. The molecule has 0 fully saturated rings. The Hall–Kier alpha value is -4.06. The summed E-state index contributed by atoms with van der Waals surface area (Å²) < 4.78 is 34.9. The first-order valence-electron chi connectivity index (χ1n) is 12.3. The Morgan fingerprint density at radius 1 is 0.925 bits per heavy atom. The fourth-order valence-electron chi connectivity index (χ4n) is 4.09. The molecule has 1 amide bonds. The van der Waals surface area contributed by atoms with Crippen LogP contribution in [0.25, 0.3) is 20.8 Å². The number of sulfonamides is 1. The molecule has 0 atom stereocenters. The lowest BCUT2D eigenvalue weighted by atomic mass is 10.1. The lowest BCUT2D eigenvalue weighted by molar-refractivity contribution is 0.0531. The number of nitrogens with zero attached hydrogens (tertiary/aromatic N) is 1. The number of aryl methyl sites for hydroxylation is 1. The maximum Gasteiger partial charge on any atom is 0.348 e. The number of fused-ring (bicyclic) bond motifs is 1. The first-order chi connectivity index (χ1) is 19.2. The van der Waals surface area contributed by atoms with Gasteiger partial charge in [0.2, 0.25) is 0 Å². The second-order valence-corrected chi connectivity index (χ2v) is 12.6. The summed E-state index contributed by atoms with van der Waals surface area (Å²) >= 11 is 2.55. The SMILES string of the molecule is CCOC(=O)c1sc(NC(=O)c2ccccc2NS(=O)(=O)c2ccc(C)cc2)c(-c2nc3ccccc3s2)c1C. The van der Waals surface area contributed by atoms with Crippen molar-refractivity contribution in [2.45, 2.75) is 25.7 Å². The predicted octanol–water partition coefficient (Wildman–Crippen LogP) is 6.87. The van der Waals surface area contributed by atoms with Crippen LogP contribution in [-0.2, 0) is 14.8 Å². The standard InChI is InChI=1S/C29H25N3O5S3/c1-4-37-29(34)25-18(3)24(27-30-22-11-7-8-12-23(22)38-27)28(39-25)31-26(33)20-9-5-6-10-21(20)32-40(35,36)19-15-13-17(2)14-16-19/h5-16,32H,4H2,1-3H3,(H,31,33). The van der Waals surface area contributed by atoms with Gasteiger partial charge in [0.15, 0.2) is 0 Å². The van der Waals surface area contributed by atoms with Gasteiger partial charge in [-0.25, -0.2) is 18.2 Å². The third-order valence-electron chi connectivity index (χ3n) is 6.09. The number of aromatic nitrogens is 1. The third kappa shape index (κ3) is 5.48. The van der Waals surface area contributed by atoms with Crippen LogP contribution in [0.15, 0.2) is 77.7 Å². The van der Waals surface area contributed by atoms with Crippen LogP contribution in [-0.4, -0.2) is 31.9 Å². The van der Waals surface area contributed by atoms with E-state index < -0.39 is 21.9 Å². The zero-order valence-electron chi connectivity index (χ0n) is 21.8. The minimum Gasteiger partial charge on any atom is -0.462 e. The molecule has 0 saturated carbocycles. The number of esters is 1. The number of thiazole rings is 1. The maximum absolute atomic E-state index is 13.6. The molecule has 2 heterocycles. The van der Waals surface area contributed by atoms with Gasteiger partial charge in [-0.05, 0) is 62.7 Å². The molecule has 0 bridgehead atoms. The van der Waals surface area contributed by atoms with Crippen LogP contribution >= 0.6 is 22.7 Å². The molecule has 0 aliphatic heterocycles. The van der Waals surface area contributed by atoms with Gasteiger partial charge >= 0.3 is 5.97 Å². The van der Waals surface area contributed by atoms with Gasteiger partial charge in [0.1, 0.15) is 14.9 Å². The largest absolute Gasteiger partial charge is 0.462 e. The van der Waals surface area contributed by atoms with Crippen LogP contribution in [0.2, 0.25) is 0 Å². The minimum absolute atomic E-state index is 0.0828. The van der Waals surface area contributed by atoms with E-state index in [2.05, 4.69) is 10.0 Å². The number of amides is 1. The second-order valence-electron chi connectivity index (χ2n) is 8.89. The summed E-state index contributed by atoms with van der Waals surface area (Å²) in [7, 11) is -3.94. The fourth-order valence-corrected chi connectivity index (χ4v) is 7.41. The monoisotopic (exact) mass is 591 g/mol. The first kappa shape index (κ1) is 27.5. The predicted molar refractivity (Wildman–Crippen MR) is 160 cm³/mol. The molecular formula is C29H25N3O5S3. The molecule has 2 aromatic heterocycles. The van der Waals surface area contributed by atoms with Crippen LogP contribution in [0, 0.1) is 13.8 Å². The zero-order chi connectivity index (χ0) is 28.4. The van der Waals surface area contributed by atoms with E-state index in [0.717, 1.165) is 27.1 Å². The normalized spacial score (nSPS) is 11.4. The molecule has 0 saturated heterocycles. The van der Waals surface area contributed by atoms with E-state index in [1.54, 1.807) is 38.1 Å². The first-order valence-corrected chi connectivity index (χ1v) is 15.5. The Kier molecular flexibility index (Phi) is 7.70. The number of thiophene rings is 1. The molecule has 5 aromatic rings. The fraction of sp³-hybridized carbons (Fsp3) is 0.138. The van der Waals surface area contributed by atoms with E-state index in [9.17, 15) is 18.0 Å². The number of ether oxygens (including phenoxy) is 1. The average molecular weight is 592 g/mol.